The molecule has 2 rings (SSSR count). The van der Waals surface area contributed by atoms with Crippen molar-refractivity contribution in [3.05, 3.63) is 18.2 Å². The number of rotatable bonds is 5. The highest BCUT2D eigenvalue weighted by molar-refractivity contribution is 8.00. The molecule has 0 fully saturated rings. The number of carbonyl (C=O) groups is 1. The summed E-state index contributed by atoms with van der Waals surface area (Å²) < 4.78 is 5.70. The molecule has 0 saturated carbocycles. The second-order valence-corrected chi connectivity index (χ2v) is 5.52. The summed E-state index contributed by atoms with van der Waals surface area (Å²) in [5.41, 5.74) is 0.886. The van der Waals surface area contributed by atoms with Gasteiger partial charge in [-0.2, -0.15) is 0 Å². The Balaban J connectivity index is 1.89. The summed E-state index contributed by atoms with van der Waals surface area (Å²) in [6.45, 7) is 1.74. The fourth-order valence-electron chi connectivity index (χ4n) is 1.72. The highest BCUT2D eigenvalue weighted by atomic mass is 32.2. The average Bonchev–Trinajstić information content (AvgIpc) is 2.34. The summed E-state index contributed by atoms with van der Waals surface area (Å²) in [4.78, 5) is 14.4. The maximum absolute atomic E-state index is 11.2. The van der Waals surface area contributed by atoms with Gasteiger partial charge < -0.3 is 15.0 Å². The Bertz CT molecular complexity index is 435. The van der Waals surface area contributed by atoms with Gasteiger partial charge in [0, 0.05) is 11.4 Å². The lowest BCUT2D eigenvalue weighted by molar-refractivity contribution is -0.113. The minimum absolute atomic E-state index is 0.0622. The number of nitrogens with zero attached hydrogens (tertiary/aromatic N) is 1. The van der Waals surface area contributed by atoms with E-state index in [1.54, 1.807) is 11.8 Å². The third kappa shape index (κ3) is 3.65. The molecular weight excluding hydrogens is 248 g/mol. The zero-order chi connectivity index (χ0) is 13.0. The number of nitrogens with one attached hydrogen (secondary N) is 1. The van der Waals surface area contributed by atoms with E-state index in [1.165, 1.54) is 0 Å². The summed E-state index contributed by atoms with van der Waals surface area (Å²) in [7, 11) is 4.11. The third-order valence-corrected chi connectivity index (χ3v) is 3.66. The molecule has 1 aliphatic heterocycles. The smallest absolute Gasteiger partial charge is 0.234 e. The summed E-state index contributed by atoms with van der Waals surface area (Å²) in [5.74, 6) is 1.42. The molecule has 1 aromatic carbocycles. The Hall–Kier alpha value is -1.20. The molecule has 0 radical (unpaired) electrons. The highest BCUT2D eigenvalue weighted by Gasteiger charge is 2.15. The van der Waals surface area contributed by atoms with E-state index in [9.17, 15) is 4.79 Å². The van der Waals surface area contributed by atoms with Crippen LogP contribution in [0.2, 0.25) is 0 Å². The molecule has 98 valence electrons. The zero-order valence-corrected chi connectivity index (χ0v) is 11.5. The number of amides is 1. The molecule has 0 unspecified atom stereocenters. The van der Waals surface area contributed by atoms with Gasteiger partial charge in [-0.3, -0.25) is 4.79 Å². The summed E-state index contributed by atoms with van der Waals surface area (Å²) >= 11 is 1.55. The second kappa shape index (κ2) is 6.11. The summed E-state index contributed by atoms with van der Waals surface area (Å²) in [5, 5.41) is 2.85. The third-order valence-electron chi connectivity index (χ3n) is 2.60. The van der Waals surface area contributed by atoms with Crippen LogP contribution in [0.25, 0.3) is 0 Å². The van der Waals surface area contributed by atoms with Crippen LogP contribution in [-0.4, -0.2) is 43.8 Å². The highest BCUT2D eigenvalue weighted by Crippen LogP contribution is 2.34. The van der Waals surface area contributed by atoms with Crippen LogP contribution >= 0.6 is 11.8 Å². The van der Waals surface area contributed by atoms with E-state index in [4.69, 9.17) is 4.74 Å². The number of hydrogen-bond acceptors (Lipinski definition) is 4. The Morgan fingerprint density at radius 3 is 3.06 bits per heavy atom. The van der Waals surface area contributed by atoms with E-state index in [2.05, 4.69) is 24.3 Å². The fourth-order valence-corrected chi connectivity index (χ4v) is 2.55. The first-order chi connectivity index (χ1) is 8.65. The predicted molar refractivity (Wildman–Crippen MR) is 74.5 cm³/mol. The Morgan fingerprint density at radius 2 is 2.28 bits per heavy atom. The van der Waals surface area contributed by atoms with E-state index in [0.29, 0.717) is 12.4 Å². The Labute approximate surface area is 112 Å². The largest absolute Gasteiger partial charge is 0.494 e. The Kier molecular flexibility index (Phi) is 4.49. The van der Waals surface area contributed by atoms with Crippen LogP contribution in [0.3, 0.4) is 0 Å². The fraction of sp³-hybridized carbons (Fsp3) is 0.462. The normalized spacial score (nSPS) is 14.3. The first kappa shape index (κ1) is 13.2. The number of fused-ring (bicyclic) bond motifs is 1. The first-order valence-electron chi connectivity index (χ1n) is 5.99. The molecular formula is C13H18N2O2S. The number of ether oxygens (including phenoxy) is 1. The molecule has 0 bridgehead atoms. The van der Waals surface area contributed by atoms with Crippen molar-refractivity contribution in [1.82, 2.24) is 4.90 Å². The number of thioether (sulfide) groups is 1. The van der Waals surface area contributed by atoms with Crippen LogP contribution in [0.15, 0.2) is 23.1 Å². The zero-order valence-electron chi connectivity index (χ0n) is 10.7. The van der Waals surface area contributed by atoms with Crippen molar-refractivity contribution in [3.8, 4) is 5.75 Å². The molecule has 5 heteroatoms. The van der Waals surface area contributed by atoms with E-state index in [1.807, 2.05) is 18.2 Å². The van der Waals surface area contributed by atoms with E-state index >= 15 is 0 Å². The first-order valence-corrected chi connectivity index (χ1v) is 6.98. The van der Waals surface area contributed by atoms with Gasteiger partial charge in [-0.1, -0.05) is 0 Å². The van der Waals surface area contributed by atoms with Crippen molar-refractivity contribution in [1.29, 1.82) is 0 Å². The molecule has 0 atom stereocenters. The molecule has 0 spiro atoms. The molecule has 1 aliphatic rings. The monoisotopic (exact) mass is 266 g/mol. The minimum atomic E-state index is 0.0622. The van der Waals surface area contributed by atoms with Gasteiger partial charge in [-0.15, -0.1) is 11.8 Å². The van der Waals surface area contributed by atoms with Crippen LogP contribution in [0.1, 0.15) is 6.42 Å². The van der Waals surface area contributed by atoms with Crippen LogP contribution in [0.4, 0.5) is 5.69 Å². The van der Waals surface area contributed by atoms with Crippen molar-refractivity contribution in [2.45, 2.75) is 11.3 Å². The molecule has 1 N–H and O–H groups in total. The average molecular weight is 266 g/mol. The van der Waals surface area contributed by atoms with Crippen molar-refractivity contribution >= 4 is 23.4 Å². The molecule has 1 amide bonds. The molecule has 18 heavy (non-hydrogen) atoms. The van der Waals surface area contributed by atoms with Gasteiger partial charge in [-0.25, -0.2) is 0 Å². The number of hydrogen-bond donors (Lipinski definition) is 1. The lowest BCUT2D eigenvalue weighted by Crippen LogP contribution is -2.18. The number of anilines is 1. The maximum atomic E-state index is 11.2. The molecule has 0 aromatic heterocycles. The van der Waals surface area contributed by atoms with Crippen molar-refractivity contribution < 1.29 is 9.53 Å². The van der Waals surface area contributed by atoms with Crippen LogP contribution < -0.4 is 10.1 Å². The molecule has 1 aromatic rings. The van der Waals surface area contributed by atoms with Crippen molar-refractivity contribution in [2.75, 3.05) is 38.3 Å². The van der Waals surface area contributed by atoms with Gasteiger partial charge in [0.2, 0.25) is 5.91 Å². The van der Waals surface area contributed by atoms with Gasteiger partial charge in [-0.05, 0) is 38.7 Å². The van der Waals surface area contributed by atoms with Gasteiger partial charge >= 0.3 is 0 Å². The van der Waals surface area contributed by atoms with Crippen molar-refractivity contribution in [2.24, 2.45) is 0 Å². The van der Waals surface area contributed by atoms with Crippen LogP contribution in [0, 0.1) is 0 Å². The second-order valence-electron chi connectivity index (χ2n) is 4.50. The molecule has 4 nitrogen and oxygen atoms in total. The topological polar surface area (TPSA) is 41.6 Å². The molecule has 0 aliphatic carbocycles. The molecule has 1 heterocycles. The van der Waals surface area contributed by atoms with Gasteiger partial charge in [0.05, 0.1) is 18.0 Å². The van der Waals surface area contributed by atoms with Crippen LogP contribution in [0.5, 0.6) is 5.75 Å². The van der Waals surface area contributed by atoms with Crippen LogP contribution in [-0.2, 0) is 4.79 Å². The standard InChI is InChI=1S/C13H18N2O2S/c1-15(2)6-3-7-17-10-4-5-11-12(8-10)18-9-13(16)14-11/h4-5,8H,3,6-7,9H2,1-2H3,(H,14,16). The van der Waals surface area contributed by atoms with Gasteiger partial charge in [0.25, 0.3) is 0 Å². The quantitative estimate of drug-likeness (QED) is 0.828. The SMILES string of the molecule is CN(C)CCCOc1ccc2c(c1)SCC(=O)N2. The predicted octanol–water partition coefficient (Wildman–Crippen LogP) is 2.06. The number of carbonyl (C=O) groups excluding carboxylic acids is 1. The minimum Gasteiger partial charge on any atom is -0.494 e. The lowest BCUT2D eigenvalue weighted by atomic mass is 10.3. The maximum Gasteiger partial charge on any atom is 0.234 e. The summed E-state index contributed by atoms with van der Waals surface area (Å²) in [6.07, 6.45) is 1.01. The van der Waals surface area contributed by atoms with E-state index in [0.717, 1.165) is 29.3 Å². The van der Waals surface area contributed by atoms with Crippen molar-refractivity contribution in [3.63, 3.8) is 0 Å². The van der Waals surface area contributed by atoms with Gasteiger partial charge in [0.1, 0.15) is 5.75 Å². The van der Waals surface area contributed by atoms with Gasteiger partial charge in [0.15, 0.2) is 0 Å². The molecule has 0 saturated heterocycles. The van der Waals surface area contributed by atoms with E-state index in [-0.39, 0.29) is 5.91 Å². The summed E-state index contributed by atoms with van der Waals surface area (Å²) in [6, 6.07) is 5.80. The lowest BCUT2D eigenvalue weighted by Gasteiger charge is -2.17. The number of benzene rings is 1. The van der Waals surface area contributed by atoms with E-state index < -0.39 is 0 Å². The Morgan fingerprint density at radius 1 is 1.44 bits per heavy atom.